The van der Waals surface area contributed by atoms with Crippen LogP contribution in [-0.2, 0) is 25.7 Å². The molecule has 0 radical (unpaired) electrons. The molecule has 0 fully saturated rings. The van der Waals surface area contributed by atoms with Crippen LogP contribution in [0, 0.1) is 0 Å². The van der Waals surface area contributed by atoms with Crippen LogP contribution in [0.4, 0.5) is 0 Å². The smallest absolute Gasteiger partial charge is 0.174 e. The molecule has 0 saturated carbocycles. The Morgan fingerprint density at radius 1 is 0.923 bits per heavy atom. The summed E-state index contributed by atoms with van der Waals surface area (Å²) in [6.07, 6.45) is 10.5. The van der Waals surface area contributed by atoms with Gasteiger partial charge in [0.15, 0.2) is 5.76 Å². The van der Waals surface area contributed by atoms with E-state index in [4.69, 9.17) is 4.52 Å². The highest BCUT2D eigenvalue weighted by atomic mass is 16.5. The molecule has 0 amide bonds. The lowest BCUT2D eigenvalue weighted by Gasteiger charge is -2.14. The number of aryl methyl sites for hydroxylation is 2. The normalized spacial score (nSPS) is 12.6. The van der Waals surface area contributed by atoms with E-state index in [9.17, 15) is 0 Å². The summed E-state index contributed by atoms with van der Waals surface area (Å²) in [6, 6.07) is 11.2. The van der Waals surface area contributed by atoms with Crippen LogP contribution in [0.2, 0.25) is 0 Å². The first kappa shape index (κ1) is 16.8. The van der Waals surface area contributed by atoms with Gasteiger partial charge in [-0.3, -0.25) is 0 Å². The van der Waals surface area contributed by atoms with Crippen molar-refractivity contribution in [3.05, 3.63) is 70.4 Å². The number of rotatable bonds is 5. The van der Waals surface area contributed by atoms with Crippen LogP contribution in [-0.4, -0.2) is 5.16 Å². The zero-order valence-electron chi connectivity index (χ0n) is 15.8. The number of hydrogen-bond donors (Lipinski definition) is 0. The maximum absolute atomic E-state index is 5.73. The molecule has 0 atom stereocenters. The zero-order valence-corrected chi connectivity index (χ0v) is 15.8. The first-order chi connectivity index (χ1) is 12.7. The van der Waals surface area contributed by atoms with Gasteiger partial charge in [0.25, 0.3) is 0 Å². The molecule has 1 aliphatic carbocycles. The van der Waals surface area contributed by atoms with Crippen LogP contribution >= 0.6 is 0 Å². The number of aromatic nitrogens is 1. The second kappa shape index (κ2) is 6.95. The van der Waals surface area contributed by atoms with E-state index in [2.05, 4.69) is 68.4 Å². The molecule has 0 saturated heterocycles. The van der Waals surface area contributed by atoms with Gasteiger partial charge >= 0.3 is 0 Å². The lowest BCUT2D eigenvalue weighted by atomic mass is 9.91. The van der Waals surface area contributed by atoms with Gasteiger partial charge in [-0.1, -0.05) is 50.2 Å². The molecule has 132 valence electrons. The Bertz CT molecular complexity index is 953. The van der Waals surface area contributed by atoms with E-state index < -0.39 is 0 Å². The van der Waals surface area contributed by atoms with E-state index in [1.807, 2.05) is 6.20 Å². The van der Waals surface area contributed by atoms with Crippen molar-refractivity contribution in [2.24, 2.45) is 0 Å². The quantitative estimate of drug-likeness (QED) is 0.546. The number of allylic oxidation sites excluding steroid dienone is 1. The SMILES string of the molecule is CCc1cc(-c2oncc2-c2ccc3c(c2)C=CC3)cc(CC)c1CC. The van der Waals surface area contributed by atoms with E-state index >= 15 is 0 Å². The van der Waals surface area contributed by atoms with Crippen molar-refractivity contribution in [2.75, 3.05) is 0 Å². The van der Waals surface area contributed by atoms with E-state index in [0.717, 1.165) is 42.6 Å². The van der Waals surface area contributed by atoms with Gasteiger partial charge in [-0.15, -0.1) is 0 Å². The maximum atomic E-state index is 5.73. The molecule has 4 rings (SSSR count). The van der Waals surface area contributed by atoms with Gasteiger partial charge in [-0.05, 0) is 77.3 Å². The van der Waals surface area contributed by atoms with Crippen LogP contribution in [0.25, 0.3) is 28.5 Å². The Morgan fingerprint density at radius 3 is 2.38 bits per heavy atom. The molecule has 2 nitrogen and oxygen atoms in total. The summed E-state index contributed by atoms with van der Waals surface area (Å²) in [5, 5.41) is 4.13. The molecule has 0 N–H and O–H groups in total. The minimum Gasteiger partial charge on any atom is -0.356 e. The van der Waals surface area contributed by atoms with Gasteiger partial charge in [0.1, 0.15) is 0 Å². The van der Waals surface area contributed by atoms with Crippen LogP contribution in [0.5, 0.6) is 0 Å². The fraction of sp³-hybridized carbons (Fsp3) is 0.292. The lowest BCUT2D eigenvalue weighted by molar-refractivity contribution is 0.432. The molecule has 0 bridgehead atoms. The first-order valence-electron chi connectivity index (χ1n) is 9.64. The van der Waals surface area contributed by atoms with Crippen LogP contribution in [0.1, 0.15) is 48.6 Å². The van der Waals surface area contributed by atoms with Crippen molar-refractivity contribution in [2.45, 2.75) is 46.5 Å². The standard InChI is InChI=1S/C24H25NO/c1-4-16-12-21(13-17(5-2)22(16)6-3)24-23(15-25-26-24)20-11-10-18-8-7-9-19(18)14-20/h7,9-15H,4-6,8H2,1-3H3. The lowest BCUT2D eigenvalue weighted by Crippen LogP contribution is -1.99. The summed E-state index contributed by atoms with van der Waals surface area (Å²) in [7, 11) is 0. The van der Waals surface area contributed by atoms with E-state index in [1.54, 1.807) is 0 Å². The summed E-state index contributed by atoms with van der Waals surface area (Å²) in [4.78, 5) is 0. The average molecular weight is 343 g/mol. The summed E-state index contributed by atoms with van der Waals surface area (Å²) < 4.78 is 5.73. The minimum atomic E-state index is 0.874. The molecular weight excluding hydrogens is 318 g/mol. The van der Waals surface area contributed by atoms with Crippen LogP contribution in [0.3, 0.4) is 0 Å². The van der Waals surface area contributed by atoms with E-state index in [0.29, 0.717) is 0 Å². The fourth-order valence-corrected chi connectivity index (χ4v) is 4.08. The van der Waals surface area contributed by atoms with Crippen LogP contribution in [0.15, 0.2) is 47.1 Å². The van der Waals surface area contributed by atoms with Gasteiger partial charge in [-0.2, -0.15) is 0 Å². The molecular formula is C24H25NO. The molecule has 1 aromatic heterocycles. The van der Waals surface area contributed by atoms with Crippen molar-refractivity contribution < 1.29 is 4.52 Å². The Balaban J connectivity index is 1.84. The van der Waals surface area contributed by atoms with Crippen molar-refractivity contribution >= 4 is 6.08 Å². The molecule has 0 aliphatic heterocycles. The van der Waals surface area contributed by atoms with Gasteiger partial charge < -0.3 is 4.52 Å². The summed E-state index contributed by atoms with van der Waals surface area (Å²) in [5.41, 5.74) is 10.4. The Morgan fingerprint density at radius 2 is 1.69 bits per heavy atom. The molecule has 1 heterocycles. The highest BCUT2D eigenvalue weighted by Crippen LogP contribution is 2.36. The summed E-state index contributed by atoms with van der Waals surface area (Å²) >= 11 is 0. The van der Waals surface area contributed by atoms with Crippen molar-refractivity contribution in [3.8, 4) is 22.5 Å². The summed E-state index contributed by atoms with van der Waals surface area (Å²) in [5.74, 6) is 0.874. The predicted molar refractivity (Wildman–Crippen MR) is 108 cm³/mol. The molecule has 1 aliphatic rings. The monoisotopic (exact) mass is 343 g/mol. The molecule has 2 aromatic carbocycles. The predicted octanol–water partition coefficient (Wildman–Crippen LogP) is 6.27. The maximum Gasteiger partial charge on any atom is 0.174 e. The van der Waals surface area contributed by atoms with Crippen molar-refractivity contribution in [1.82, 2.24) is 5.16 Å². The molecule has 26 heavy (non-hydrogen) atoms. The third kappa shape index (κ3) is 2.80. The Kier molecular flexibility index (Phi) is 4.50. The van der Waals surface area contributed by atoms with E-state index in [-0.39, 0.29) is 0 Å². The number of fused-ring (bicyclic) bond motifs is 1. The summed E-state index contributed by atoms with van der Waals surface area (Å²) in [6.45, 7) is 6.70. The van der Waals surface area contributed by atoms with Crippen molar-refractivity contribution in [3.63, 3.8) is 0 Å². The second-order valence-electron chi connectivity index (χ2n) is 6.92. The van der Waals surface area contributed by atoms with Gasteiger partial charge in [0.2, 0.25) is 0 Å². The number of hydrogen-bond acceptors (Lipinski definition) is 2. The van der Waals surface area contributed by atoms with Crippen LogP contribution < -0.4 is 0 Å². The van der Waals surface area contributed by atoms with Gasteiger partial charge in [0, 0.05) is 11.1 Å². The molecule has 3 aromatic rings. The molecule has 2 heteroatoms. The fourth-order valence-electron chi connectivity index (χ4n) is 4.08. The third-order valence-corrected chi connectivity index (χ3v) is 5.47. The average Bonchev–Trinajstić information content (AvgIpc) is 3.35. The first-order valence-corrected chi connectivity index (χ1v) is 9.64. The Labute approximate surface area is 155 Å². The largest absolute Gasteiger partial charge is 0.356 e. The molecule has 0 unspecified atom stereocenters. The molecule has 0 spiro atoms. The topological polar surface area (TPSA) is 26.0 Å². The highest BCUT2D eigenvalue weighted by Gasteiger charge is 2.17. The number of benzene rings is 2. The van der Waals surface area contributed by atoms with Gasteiger partial charge in [0.05, 0.1) is 6.20 Å². The minimum absolute atomic E-state index is 0.874. The highest BCUT2D eigenvalue weighted by molar-refractivity contribution is 5.81. The van der Waals surface area contributed by atoms with E-state index in [1.165, 1.54) is 33.4 Å². The zero-order chi connectivity index (χ0) is 18.1. The Hall–Kier alpha value is -2.61. The van der Waals surface area contributed by atoms with Gasteiger partial charge in [-0.25, -0.2) is 0 Å². The second-order valence-corrected chi connectivity index (χ2v) is 6.92. The third-order valence-electron chi connectivity index (χ3n) is 5.47. The number of nitrogens with zero attached hydrogens (tertiary/aromatic N) is 1. The van der Waals surface area contributed by atoms with Crippen molar-refractivity contribution in [1.29, 1.82) is 0 Å².